The lowest BCUT2D eigenvalue weighted by molar-refractivity contribution is 0.281. The molecule has 3 nitrogen and oxygen atoms in total. The van der Waals surface area contributed by atoms with Crippen molar-refractivity contribution in [1.29, 1.82) is 0 Å². The molecule has 0 saturated heterocycles. The molecule has 27 heavy (non-hydrogen) atoms. The molecule has 0 spiro atoms. The number of hydrogen-bond acceptors (Lipinski definition) is 3. The number of halogens is 2. The van der Waals surface area contributed by atoms with E-state index in [2.05, 4.69) is 6.08 Å². The molecular weight excluding hydrogens is 383 g/mol. The molecule has 0 aliphatic carbocycles. The van der Waals surface area contributed by atoms with Gasteiger partial charge in [-0.15, -0.1) is 0 Å². The first kappa shape index (κ1) is 21.9. The molecule has 3 N–H and O–H groups in total. The number of benzene rings is 2. The Hall–Kier alpha value is -1.36. The third-order valence-electron chi connectivity index (χ3n) is 4.83. The molecule has 0 atom stereocenters. The number of allylic oxidation sites excluding steroid dienone is 1. The molecule has 2 aromatic rings. The lowest BCUT2D eigenvalue weighted by Gasteiger charge is -2.16. The summed E-state index contributed by atoms with van der Waals surface area (Å²) in [6.07, 6.45) is 4.48. The molecule has 0 aliphatic heterocycles. The van der Waals surface area contributed by atoms with Gasteiger partial charge >= 0.3 is 0 Å². The van der Waals surface area contributed by atoms with Crippen LogP contribution >= 0.6 is 23.2 Å². The van der Waals surface area contributed by atoms with E-state index in [-0.39, 0.29) is 19.8 Å². The summed E-state index contributed by atoms with van der Waals surface area (Å²) in [4.78, 5) is 0. The van der Waals surface area contributed by atoms with Crippen LogP contribution in [0.5, 0.6) is 0 Å². The fraction of sp³-hybridized carbons (Fsp3) is 0.364. The predicted octanol–water partition coefficient (Wildman–Crippen LogP) is 5.19. The normalized spacial score (nSPS) is 10.9. The van der Waals surface area contributed by atoms with Gasteiger partial charge in [-0.2, -0.15) is 0 Å². The lowest BCUT2D eigenvalue weighted by atomic mass is 9.91. The second-order valence-corrected chi connectivity index (χ2v) is 7.45. The Morgan fingerprint density at radius 3 is 1.70 bits per heavy atom. The molecule has 0 aliphatic rings. The second-order valence-electron chi connectivity index (χ2n) is 6.64. The monoisotopic (exact) mass is 408 g/mol. The van der Waals surface area contributed by atoms with Gasteiger partial charge in [0.15, 0.2) is 0 Å². The van der Waals surface area contributed by atoms with Crippen LogP contribution in [0, 0.1) is 13.8 Å². The van der Waals surface area contributed by atoms with E-state index in [1.807, 2.05) is 38.1 Å². The third-order valence-corrected chi connectivity index (χ3v) is 5.61. The van der Waals surface area contributed by atoms with Crippen LogP contribution < -0.4 is 0 Å². The smallest absolute Gasteiger partial charge is 0.0685 e. The number of rotatable bonds is 8. The highest BCUT2D eigenvalue weighted by molar-refractivity contribution is 6.32. The molecule has 0 amide bonds. The summed E-state index contributed by atoms with van der Waals surface area (Å²) >= 11 is 12.8. The summed E-state index contributed by atoms with van der Waals surface area (Å²) in [5.41, 5.74) is 6.01. The molecule has 0 radical (unpaired) electrons. The van der Waals surface area contributed by atoms with Crippen LogP contribution in [0.25, 0.3) is 5.57 Å². The van der Waals surface area contributed by atoms with Gasteiger partial charge in [-0.25, -0.2) is 0 Å². The fourth-order valence-corrected chi connectivity index (χ4v) is 3.49. The Kier molecular flexibility index (Phi) is 8.33. The first-order valence-corrected chi connectivity index (χ1v) is 9.80. The third kappa shape index (κ3) is 5.34. The summed E-state index contributed by atoms with van der Waals surface area (Å²) in [5.74, 6) is 0. The zero-order chi connectivity index (χ0) is 20.0. The highest BCUT2D eigenvalue weighted by Gasteiger charge is 2.13. The summed E-state index contributed by atoms with van der Waals surface area (Å²) in [6, 6.07) is 7.65. The van der Waals surface area contributed by atoms with Gasteiger partial charge < -0.3 is 15.3 Å². The van der Waals surface area contributed by atoms with Gasteiger partial charge in [0.2, 0.25) is 0 Å². The number of aliphatic hydroxyl groups is 3. The Bertz CT molecular complexity index is 767. The van der Waals surface area contributed by atoms with E-state index < -0.39 is 0 Å². The van der Waals surface area contributed by atoms with Crippen LogP contribution in [0.15, 0.2) is 30.3 Å². The van der Waals surface area contributed by atoms with Crippen molar-refractivity contribution >= 4 is 28.8 Å². The van der Waals surface area contributed by atoms with Gasteiger partial charge in [0.25, 0.3) is 0 Å². The van der Waals surface area contributed by atoms with E-state index in [4.69, 9.17) is 28.3 Å². The molecule has 0 aromatic heterocycles. The SMILES string of the molecule is Cc1c(Cl)cc(C(=CCCCCO)c2cc(Cl)c(C)c(CO)c2)cc1CO. The van der Waals surface area contributed by atoms with Crippen molar-refractivity contribution in [3.8, 4) is 0 Å². The quantitative estimate of drug-likeness (QED) is 0.526. The minimum Gasteiger partial charge on any atom is -0.396 e. The van der Waals surface area contributed by atoms with Crippen molar-refractivity contribution < 1.29 is 15.3 Å². The van der Waals surface area contributed by atoms with Crippen molar-refractivity contribution in [2.75, 3.05) is 6.61 Å². The standard InChI is InChI=1S/C22H26Cl2O3/c1-14-18(12-26)8-16(10-21(14)23)20(6-4-3-5-7-25)17-9-19(13-27)15(2)22(24)11-17/h6,8-11,25-27H,3-5,7,12-13H2,1-2H3. The Morgan fingerprint density at radius 2 is 1.30 bits per heavy atom. The van der Waals surface area contributed by atoms with Crippen molar-refractivity contribution in [3.05, 3.63) is 73.8 Å². The maximum atomic E-state index is 9.67. The van der Waals surface area contributed by atoms with Crippen LogP contribution in [0.2, 0.25) is 10.0 Å². The molecule has 0 heterocycles. The molecule has 5 heteroatoms. The van der Waals surface area contributed by atoms with Crippen LogP contribution in [0.3, 0.4) is 0 Å². The second kappa shape index (κ2) is 10.3. The highest BCUT2D eigenvalue weighted by atomic mass is 35.5. The van der Waals surface area contributed by atoms with Crippen molar-refractivity contribution in [2.24, 2.45) is 0 Å². The van der Waals surface area contributed by atoms with Gasteiger partial charge in [-0.05, 0) is 96.3 Å². The number of hydrogen-bond donors (Lipinski definition) is 3. The first-order chi connectivity index (χ1) is 12.9. The maximum absolute atomic E-state index is 9.67. The minimum absolute atomic E-state index is 0.0896. The zero-order valence-electron chi connectivity index (χ0n) is 15.7. The molecule has 146 valence electrons. The molecule has 0 unspecified atom stereocenters. The van der Waals surface area contributed by atoms with E-state index in [1.165, 1.54) is 0 Å². The highest BCUT2D eigenvalue weighted by Crippen LogP contribution is 2.33. The van der Waals surface area contributed by atoms with E-state index >= 15 is 0 Å². The Balaban J connectivity index is 2.60. The summed E-state index contributed by atoms with van der Waals surface area (Å²) in [6.45, 7) is 3.75. The topological polar surface area (TPSA) is 60.7 Å². The number of aliphatic hydroxyl groups excluding tert-OH is 3. The minimum atomic E-state index is -0.0896. The summed E-state index contributed by atoms with van der Waals surface area (Å²) < 4.78 is 0. The van der Waals surface area contributed by atoms with Crippen LogP contribution in [-0.4, -0.2) is 21.9 Å². The van der Waals surface area contributed by atoms with E-state index in [0.29, 0.717) is 10.0 Å². The van der Waals surface area contributed by atoms with Crippen molar-refractivity contribution in [3.63, 3.8) is 0 Å². The van der Waals surface area contributed by atoms with E-state index in [0.717, 1.165) is 58.2 Å². The molecule has 2 aromatic carbocycles. The van der Waals surface area contributed by atoms with E-state index in [9.17, 15) is 10.2 Å². The van der Waals surface area contributed by atoms with Gasteiger partial charge in [-0.3, -0.25) is 0 Å². The van der Waals surface area contributed by atoms with Crippen LogP contribution in [-0.2, 0) is 13.2 Å². The lowest BCUT2D eigenvalue weighted by Crippen LogP contribution is -1.98. The fourth-order valence-electron chi connectivity index (χ4n) is 3.02. The molecule has 2 rings (SSSR count). The van der Waals surface area contributed by atoms with Crippen LogP contribution in [0.1, 0.15) is 52.6 Å². The molecule has 0 bridgehead atoms. The maximum Gasteiger partial charge on any atom is 0.0685 e. The largest absolute Gasteiger partial charge is 0.396 e. The van der Waals surface area contributed by atoms with Crippen LogP contribution in [0.4, 0.5) is 0 Å². The van der Waals surface area contributed by atoms with Gasteiger partial charge in [-0.1, -0.05) is 29.3 Å². The Labute approximate surface area is 170 Å². The first-order valence-electron chi connectivity index (χ1n) is 9.04. The average molecular weight is 409 g/mol. The van der Waals surface area contributed by atoms with Crippen molar-refractivity contribution in [1.82, 2.24) is 0 Å². The predicted molar refractivity (Wildman–Crippen MR) is 112 cm³/mol. The molecular formula is C22H26Cl2O3. The average Bonchev–Trinajstić information content (AvgIpc) is 2.66. The van der Waals surface area contributed by atoms with E-state index in [1.54, 1.807) is 0 Å². The van der Waals surface area contributed by atoms with Gasteiger partial charge in [0, 0.05) is 16.7 Å². The molecule has 0 fully saturated rings. The van der Waals surface area contributed by atoms with Gasteiger partial charge in [0.1, 0.15) is 0 Å². The Morgan fingerprint density at radius 1 is 0.815 bits per heavy atom. The summed E-state index contributed by atoms with van der Waals surface area (Å²) in [5, 5.41) is 29.6. The van der Waals surface area contributed by atoms with Crippen molar-refractivity contribution in [2.45, 2.75) is 46.3 Å². The molecule has 0 saturated carbocycles. The summed E-state index contributed by atoms with van der Waals surface area (Å²) in [7, 11) is 0. The number of unbranched alkanes of at least 4 members (excludes halogenated alkanes) is 2. The van der Waals surface area contributed by atoms with Gasteiger partial charge in [0.05, 0.1) is 13.2 Å². The zero-order valence-corrected chi connectivity index (χ0v) is 17.2.